The molecule has 1 aliphatic carbocycles. The fourth-order valence-corrected chi connectivity index (χ4v) is 4.66. The van der Waals surface area contributed by atoms with Crippen molar-refractivity contribution in [3.63, 3.8) is 0 Å². The average molecular weight is 460 g/mol. The highest BCUT2D eigenvalue weighted by Gasteiger charge is 2.39. The summed E-state index contributed by atoms with van der Waals surface area (Å²) in [6, 6.07) is 6.06. The molecule has 0 amide bonds. The highest BCUT2D eigenvalue weighted by Crippen LogP contribution is 2.39. The average Bonchev–Trinajstić information content (AvgIpc) is 3.13. The number of H-pyrrole nitrogens is 1. The van der Waals surface area contributed by atoms with Crippen LogP contribution in [0, 0.1) is 0 Å². The lowest BCUT2D eigenvalue weighted by Crippen LogP contribution is -2.45. The van der Waals surface area contributed by atoms with E-state index >= 15 is 0 Å². The molecule has 6 nitrogen and oxygen atoms in total. The Kier molecular flexibility index (Phi) is 6.44. The molecule has 1 heterocycles. The topological polar surface area (TPSA) is 84.1 Å². The third kappa shape index (κ3) is 5.23. The minimum Gasteiger partial charge on any atom is -0.497 e. The van der Waals surface area contributed by atoms with Crippen molar-refractivity contribution in [2.24, 2.45) is 0 Å². The summed E-state index contributed by atoms with van der Waals surface area (Å²) in [5.74, 6) is 0.642. The number of sulfonamides is 1. The molecule has 1 aromatic heterocycles. The lowest BCUT2D eigenvalue weighted by Gasteiger charge is -2.30. The zero-order chi connectivity index (χ0) is 23.0. The fraction of sp³-hybridized carbons (Fsp3) is 0.571. The number of aromatic amines is 1. The molecule has 0 unspecified atom stereocenters. The lowest BCUT2D eigenvalue weighted by molar-refractivity contribution is -0.140. The van der Waals surface area contributed by atoms with Crippen molar-refractivity contribution in [2.45, 2.75) is 69.3 Å². The van der Waals surface area contributed by atoms with Crippen LogP contribution in [0.3, 0.4) is 0 Å². The van der Waals surface area contributed by atoms with Gasteiger partial charge in [-0.25, -0.2) is 18.1 Å². The Morgan fingerprint density at radius 3 is 2.13 bits per heavy atom. The largest absolute Gasteiger partial charge is 0.497 e. The van der Waals surface area contributed by atoms with E-state index in [-0.39, 0.29) is 23.5 Å². The fourth-order valence-electron chi connectivity index (χ4n) is 3.63. The van der Waals surface area contributed by atoms with E-state index in [0.29, 0.717) is 37.0 Å². The first kappa shape index (κ1) is 23.6. The molecule has 0 radical (unpaired) electrons. The van der Waals surface area contributed by atoms with Crippen LogP contribution < -0.4 is 9.46 Å². The Bertz CT molecular complexity index is 1000. The second-order valence-electron chi connectivity index (χ2n) is 8.85. The number of halogens is 3. The molecule has 31 heavy (non-hydrogen) atoms. The summed E-state index contributed by atoms with van der Waals surface area (Å²) >= 11 is 0. The third-order valence-corrected chi connectivity index (χ3v) is 7.87. The number of rotatable bonds is 5. The van der Waals surface area contributed by atoms with Crippen LogP contribution in [-0.2, 0) is 16.2 Å². The van der Waals surface area contributed by atoms with Crippen molar-refractivity contribution in [2.75, 3.05) is 7.11 Å². The van der Waals surface area contributed by atoms with Crippen molar-refractivity contribution in [3.05, 3.63) is 35.8 Å². The van der Waals surface area contributed by atoms with Gasteiger partial charge in [-0.1, -0.05) is 0 Å². The molecule has 1 fully saturated rings. The zero-order valence-electron chi connectivity index (χ0n) is 18.0. The van der Waals surface area contributed by atoms with Crippen molar-refractivity contribution < 1.29 is 26.3 Å². The number of methoxy groups -OCH3 is 1. The summed E-state index contributed by atoms with van der Waals surface area (Å²) in [7, 11) is -1.99. The first-order valence-electron chi connectivity index (χ1n) is 10.1. The second kappa shape index (κ2) is 8.46. The number of nitrogens with one attached hydrogen (secondary N) is 2. The van der Waals surface area contributed by atoms with Gasteiger partial charge in [0.15, 0.2) is 0 Å². The van der Waals surface area contributed by atoms with Gasteiger partial charge in [0, 0.05) is 17.5 Å². The maximum absolute atomic E-state index is 13.6. The van der Waals surface area contributed by atoms with E-state index in [4.69, 9.17) is 4.74 Å². The van der Waals surface area contributed by atoms with E-state index < -0.39 is 26.6 Å². The van der Waals surface area contributed by atoms with Gasteiger partial charge in [0.2, 0.25) is 10.0 Å². The molecule has 3 rings (SSSR count). The number of aromatic nitrogens is 2. The normalized spacial score (nSPS) is 20.6. The van der Waals surface area contributed by atoms with Crippen LogP contribution in [0.5, 0.6) is 5.75 Å². The Morgan fingerprint density at radius 1 is 1.06 bits per heavy atom. The molecule has 10 heteroatoms. The van der Waals surface area contributed by atoms with Crippen LogP contribution in [-0.4, -0.2) is 36.3 Å². The van der Waals surface area contributed by atoms with Gasteiger partial charge >= 0.3 is 6.18 Å². The number of hydrogen-bond acceptors (Lipinski definition) is 4. The lowest BCUT2D eigenvalue weighted by atomic mass is 9.86. The number of nitrogens with zero attached hydrogens (tertiary/aromatic N) is 1. The second-order valence-corrected chi connectivity index (χ2v) is 11.3. The summed E-state index contributed by atoms with van der Waals surface area (Å²) in [6.45, 7) is 4.88. The molecule has 0 aliphatic heterocycles. The Labute approximate surface area is 180 Å². The van der Waals surface area contributed by atoms with Gasteiger partial charge in [0.1, 0.15) is 23.0 Å². The van der Waals surface area contributed by atoms with Crippen LogP contribution >= 0.6 is 0 Å². The number of imidazole rings is 1. The monoisotopic (exact) mass is 459 g/mol. The van der Waals surface area contributed by atoms with E-state index in [1.165, 1.54) is 7.11 Å². The quantitative estimate of drug-likeness (QED) is 0.670. The molecule has 1 aliphatic rings. The third-order valence-electron chi connectivity index (χ3n) is 5.61. The minimum absolute atomic E-state index is 0.138. The molecular formula is C21H28F3N3O3S. The predicted molar refractivity (Wildman–Crippen MR) is 112 cm³/mol. The number of benzene rings is 1. The van der Waals surface area contributed by atoms with Crippen molar-refractivity contribution in [3.8, 4) is 17.0 Å². The van der Waals surface area contributed by atoms with Gasteiger partial charge in [-0.15, -0.1) is 0 Å². The molecule has 0 bridgehead atoms. The van der Waals surface area contributed by atoms with Gasteiger partial charge < -0.3 is 9.72 Å². The van der Waals surface area contributed by atoms with Crippen molar-refractivity contribution >= 4 is 10.0 Å². The highest BCUT2D eigenvalue weighted by molar-refractivity contribution is 7.90. The molecule has 0 spiro atoms. The van der Waals surface area contributed by atoms with Gasteiger partial charge in [-0.05, 0) is 70.7 Å². The van der Waals surface area contributed by atoms with Crippen LogP contribution in [0.15, 0.2) is 24.3 Å². The SMILES string of the molecule is COc1ccc(-c2nc(C3CCC(NS(=O)(=O)C(C)(C)C)CC3)[nH]c2C(F)(F)F)cc1. The Morgan fingerprint density at radius 2 is 1.65 bits per heavy atom. The summed E-state index contributed by atoms with van der Waals surface area (Å²) in [5, 5.41) is 0. The number of alkyl halides is 3. The zero-order valence-corrected chi connectivity index (χ0v) is 18.8. The smallest absolute Gasteiger partial charge is 0.433 e. The molecule has 2 aromatic rings. The van der Waals surface area contributed by atoms with Gasteiger partial charge in [-0.3, -0.25) is 0 Å². The van der Waals surface area contributed by atoms with E-state index in [9.17, 15) is 21.6 Å². The van der Waals surface area contributed by atoms with Crippen molar-refractivity contribution in [1.82, 2.24) is 14.7 Å². The number of hydrogen-bond donors (Lipinski definition) is 2. The summed E-state index contributed by atoms with van der Waals surface area (Å²) in [4.78, 5) is 6.81. The van der Waals surface area contributed by atoms with Gasteiger partial charge in [0.05, 0.1) is 11.9 Å². The van der Waals surface area contributed by atoms with E-state index in [1.807, 2.05) is 0 Å². The minimum atomic E-state index is -4.57. The predicted octanol–water partition coefficient (Wildman–Crippen LogP) is 4.85. The van der Waals surface area contributed by atoms with E-state index in [1.54, 1.807) is 45.0 Å². The standard InChI is InChI=1S/C21H28F3N3O3S/c1-20(2,3)31(28,29)27-15-9-5-14(6-10-15)19-25-17(18(26-19)21(22,23)24)13-7-11-16(30-4)12-8-13/h7-8,11-12,14-15,27H,5-6,9-10H2,1-4H3,(H,25,26). The van der Waals surface area contributed by atoms with Gasteiger partial charge in [-0.2, -0.15) is 13.2 Å². The Hall–Kier alpha value is -2.07. The molecule has 0 saturated heterocycles. The summed E-state index contributed by atoms with van der Waals surface area (Å²) in [5.41, 5.74) is -0.661. The van der Waals surface area contributed by atoms with Crippen LogP contribution in [0.25, 0.3) is 11.3 Å². The summed E-state index contributed by atoms with van der Waals surface area (Å²) < 4.78 is 72.6. The summed E-state index contributed by atoms with van der Waals surface area (Å²) in [6.07, 6.45) is -2.39. The molecule has 2 N–H and O–H groups in total. The first-order valence-corrected chi connectivity index (χ1v) is 11.6. The molecule has 0 atom stereocenters. The highest BCUT2D eigenvalue weighted by atomic mass is 32.2. The maximum Gasteiger partial charge on any atom is 0.433 e. The van der Waals surface area contributed by atoms with Crippen LogP contribution in [0.1, 0.15) is 63.9 Å². The molecular weight excluding hydrogens is 431 g/mol. The number of ether oxygens (including phenoxy) is 1. The van der Waals surface area contributed by atoms with E-state index in [0.717, 1.165) is 0 Å². The van der Waals surface area contributed by atoms with Crippen LogP contribution in [0.2, 0.25) is 0 Å². The first-order chi connectivity index (χ1) is 14.3. The maximum atomic E-state index is 13.6. The molecule has 1 saturated carbocycles. The Balaban J connectivity index is 1.79. The van der Waals surface area contributed by atoms with Crippen LogP contribution in [0.4, 0.5) is 13.2 Å². The van der Waals surface area contributed by atoms with E-state index in [2.05, 4.69) is 14.7 Å². The molecule has 172 valence electrons. The molecule has 1 aromatic carbocycles. The van der Waals surface area contributed by atoms with Crippen molar-refractivity contribution in [1.29, 1.82) is 0 Å². The van der Waals surface area contributed by atoms with Gasteiger partial charge in [0.25, 0.3) is 0 Å².